The van der Waals surface area contributed by atoms with E-state index in [1.54, 1.807) is 0 Å². The van der Waals surface area contributed by atoms with Gasteiger partial charge in [0, 0.05) is 24.0 Å². The minimum atomic E-state index is -1.30. The molecule has 0 saturated carbocycles. The molecule has 0 amide bonds. The monoisotopic (exact) mass is 378 g/mol. The summed E-state index contributed by atoms with van der Waals surface area (Å²) < 4.78 is 11.4. The van der Waals surface area contributed by atoms with Crippen LogP contribution in [0.15, 0.2) is 15.8 Å². The first-order valence-corrected chi connectivity index (χ1v) is 7.53. The predicted octanol–water partition coefficient (Wildman–Crippen LogP) is -1.39. The van der Waals surface area contributed by atoms with E-state index in [0.29, 0.717) is 0 Å². The topological polar surface area (TPSA) is 131 Å². The third kappa shape index (κ3) is 3.14. The number of nitrogens with one attached hydrogen (secondary N) is 1. The number of aliphatic hydroxyl groups is 2. The molecule has 1 aliphatic heterocycles. The standard InChI is InChI=1S/C12H15BrN2O7/c1-5(17)21-9-8(18)7(4-16)22-11(9)15-3-6(2-13)10(19)14-12(15)20/h3,7-9,11,16,18H,2,4H2,1H3,(H,14,19,20)/t7-,8?,9+,11-/m1/s1. The van der Waals surface area contributed by atoms with Gasteiger partial charge < -0.3 is 19.7 Å². The van der Waals surface area contributed by atoms with Crippen LogP contribution in [0.4, 0.5) is 0 Å². The molecule has 0 aliphatic carbocycles. The van der Waals surface area contributed by atoms with Crippen LogP contribution in [-0.4, -0.2) is 50.7 Å². The Morgan fingerprint density at radius 1 is 1.55 bits per heavy atom. The summed E-state index contributed by atoms with van der Waals surface area (Å²) in [6, 6.07) is 0. The largest absolute Gasteiger partial charge is 0.455 e. The van der Waals surface area contributed by atoms with Crippen molar-refractivity contribution in [2.75, 3.05) is 6.61 Å². The molecule has 1 fully saturated rings. The lowest BCUT2D eigenvalue weighted by atomic mass is 10.1. The maximum Gasteiger partial charge on any atom is 0.330 e. The number of rotatable bonds is 4. The summed E-state index contributed by atoms with van der Waals surface area (Å²) in [5.74, 6) is -0.672. The smallest absolute Gasteiger partial charge is 0.330 e. The molecule has 122 valence electrons. The second-order valence-corrected chi connectivity index (χ2v) is 5.33. The van der Waals surface area contributed by atoms with Gasteiger partial charge in [-0.25, -0.2) is 4.79 Å². The van der Waals surface area contributed by atoms with Crippen molar-refractivity contribution in [3.8, 4) is 0 Å². The highest BCUT2D eigenvalue weighted by Crippen LogP contribution is 2.30. The average molecular weight is 379 g/mol. The number of aromatic nitrogens is 2. The van der Waals surface area contributed by atoms with Crippen LogP contribution in [0.2, 0.25) is 0 Å². The van der Waals surface area contributed by atoms with Crippen LogP contribution in [0.1, 0.15) is 18.7 Å². The van der Waals surface area contributed by atoms with Gasteiger partial charge in [0.2, 0.25) is 0 Å². The summed E-state index contributed by atoms with van der Waals surface area (Å²) in [6.45, 7) is 0.633. The molecular formula is C12H15BrN2O7. The first-order chi connectivity index (χ1) is 10.4. The van der Waals surface area contributed by atoms with Gasteiger partial charge in [0.1, 0.15) is 12.2 Å². The number of carbonyl (C=O) groups excluding carboxylic acids is 1. The minimum Gasteiger partial charge on any atom is -0.455 e. The fraction of sp³-hybridized carbons (Fsp3) is 0.583. The summed E-state index contributed by atoms with van der Waals surface area (Å²) in [5, 5.41) is 19.4. The van der Waals surface area contributed by atoms with Crippen LogP contribution in [0.25, 0.3) is 0 Å². The molecule has 22 heavy (non-hydrogen) atoms. The van der Waals surface area contributed by atoms with Gasteiger partial charge in [-0.2, -0.15) is 0 Å². The van der Waals surface area contributed by atoms with Gasteiger partial charge in [-0.3, -0.25) is 19.1 Å². The fourth-order valence-corrected chi connectivity index (χ4v) is 2.62. The Bertz CT molecular complexity index is 670. The SMILES string of the molecule is CC(=O)O[C@H]1C(O)[C@@H](CO)O[C@H]1n1cc(CBr)c(=O)[nH]c1=O. The van der Waals surface area contributed by atoms with Gasteiger partial charge in [-0.15, -0.1) is 0 Å². The van der Waals surface area contributed by atoms with Crippen molar-refractivity contribution in [3.63, 3.8) is 0 Å². The van der Waals surface area contributed by atoms with Crippen molar-refractivity contribution in [1.82, 2.24) is 9.55 Å². The number of H-pyrrole nitrogens is 1. The molecule has 0 radical (unpaired) electrons. The summed E-state index contributed by atoms with van der Waals surface area (Å²) in [7, 11) is 0. The molecule has 1 aliphatic rings. The molecule has 2 rings (SSSR count). The fourth-order valence-electron chi connectivity index (χ4n) is 2.22. The summed E-state index contributed by atoms with van der Waals surface area (Å²) in [5.41, 5.74) is -1.08. The van der Waals surface area contributed by atoms with Crippen LogP contribution in [0.5, 0.6) is 0 Å². The number of aliphatic hydroxyl groups excluding tert-OH is 2. The molecule has 1 saturated heterocycles. The Balaban J connectivity index is 2.46. The van der Waals surface area contributed by atoms with Gasteiger partial charge in [-0.1, -0.05) is 15.9 Å². The Morgan fingerprint density at radius 2 is 2.23 bits per heavy atom. The normalized spacial score (nSPS) is 27.8. The molecule has 1 aromatic heterocycles. The van der Waals surface area contributed by atoms with Crippen molar-refractivity contribution in [1.29, 1.82) is 0 Å². The number of hydrogen-bond acceptors (Lipinski definition) is 7. The second kappa shape index (κ2) is 6.73. The zero-order valence-electron chi connectivity index (χ0n) is 11.6. The molecule has 0 bridgehead atoms. The van der Waals surface area contributed by atoms with Gasteiger partial charge in [0.15, 0.2) is 12.3 Å². The van der Waals surface area contributed by atoms with Crippen LogP contribution >= 0.6 is 15.9 Å². The van der Waals surface area contributed by atoms with Gasteiger partial charge in [0.05, 0.1) is 6.61 Å². The third-order valence-corrected chi connectivity index (χ3v) is 3.86. The van der Waals surface area contributed by atoms with Crippen LogP contribution < -0.4 is 11.2 Å². The zero-order chi connectivity index (χ0) is 16.4. The first-order valence-electron chi connectivity index (χ1n) is 6.41. The third-order valence-electron chi connectivity index (χ3n) is 3.25. The van der Waals surface area contributed by atoms with Crippen LogP contribution in [-0.2, 0) is 19.6 Å². The van der Waals surface area contributed by atoms with Crippen molar-refractivity contribution in [3.05, 3.63) is 32.6 Å². The molecule has 2 heterocycles. The second-order valence-electron chi connectivity index (χ2n) is 4.77. The maximum atomic E-state index is 12.0. The lowest BCUT2D eigenvalue weighted by molar-refractivity contribution is -0.156. The van der Waals surface area contributed by atoms with Crippen molar-refractivity contribution < 1.29 is 24.5 Å². The highest BCUT2D eigenvalue weighted by Gasteiger charge is 2.47. The number of nitrogens with zero attached hydrogens (tertiary/aromatic N) is 1. The highest BCUT2D eigenvalue weighted by atomic mass is 79.9. The number of esters is 1. The lowest BCUT2D eigenvalue weighted by Crippen LogP contribution is -2.40. The van der Waals surface area contributed by atoms with Crippen LogP contribution in [0, 0.1) is 0 Å². The van der Waals surface area contributed by atoms with E-state index in [4.69, 9.17) is 9.47 Å². The van der Waals surface area contributed by atoms with E-state index in [2.05, 4.69) is 20.9 Å². The molecule has 10 heteroatoms. The molecule has 1 aromatic rings. The van der Waals surface area contributed by atoms with Crippen LogP contribution in [0.3, 0.4) is 0 Å². The lowest BCUT2D eigenvalue weighted by Gasteiger charge is -2.21. The van der Waals surface area contributed by atoms with E-state index in [9.17, 15) is 24.6 Å². The van der Waals surface area contributed by atoms with Crippen molar-refractivity contribution >= 4 is 21.9 Å². The molecule has 0 aromatic carbocycles. The van der Waals surface area contributed by atoms with E-state index in [1.165, 1.54) is 6.20 Å². The van der Waals surface area contributed by atoms with E-state index in [0.717, 1.165) is 11.5 Å². The zero-order valence-corrected chi connectivity index (χ0v) is 13.1. The summed E-state index contributed by atoms with van der Waals surface area (Å²) in [6.07, 6.45) is -3.39. The number of alkyl halides is 1. The number of carbonyl (C=O) groups is 1. The number of hydrogen-bond donors (Lipinski definition) is 3. The molecule has 1 unspecified atom stereocenters. The Kier molecular flexibility index (Phi) is 5.16. The van der Waals surface area contributed by atoms with Gasteiger partial charge >= 0.3 is 11.7 Å². The molecule has 3 N–H and O–H groups in total. The summed E-state index contributed by atoms with van der Waals surface area (Å²) in [4.78, 5) is 36.8. The van der Waals surface area contributed by atoms with Crippen molar-refractivity contribution in [2.45, 2.75) is 36.8 Å². The van der Waals surface area contributed by atoms with E-state index in [-0.39, 0.29) is 10.9 Å². The quantitative estimate of drug-likeness (QED) is 0.434. The van der Waals surface area contributed by atoms with Crippen molar-refractivity contribution in [2.24, 2.45) is 0 Å². The number of ether oxygens (including phenoxy) is 2. The molecular weight excluding hydrogens is 364 g/mol. The van der Waals surface area contributed by atoms with Gasteiger partial charge in [0.25, 0.3) is 5.56 Å². The Labute approximate surface area is 132 Å². The molecule has 4 atom stereocenters. The van der Waals surface area contributed by atoms with E-state index < -0.39 is 48.4 Å². The maximum absolute atomic E-state index is 12.0. The highest BCUT2D eigenvalue weighted by molar-refractivity contribution is 9.08. The Hall–Kier alpha value is -1.49. The Morgan fingerprint density at radius 3 is 2.77 bits per heavy atom. The first kappa shape index (κ1) is 16.9. The number of halogens is 1. The summed E-state index contributed by atoms with van der Waals surface area (Å²) >= 11 is 3.12. The average Bonchev–Trinajstić information content (AvgIpc) is 2.75. The molecule has 9 nitrogen and oxygen atoms in total. The predicted molar refractivity (Wildman–Crippen MR) is 76.5 cm³/mol. The number of aromatic amines is 1. The molecule has 0 spiro atoms. The van der Waals surface area contributed by atoms with E-state index >= 15 is 0 Å². The van der Waals surface area contributed by atoms with E-state index in [1.807, 2.05) is 0 Å². The minimum absolute atomic E-state index is 0.194. The van der Waals surface area contributed by atoms with Gasteiger partial charge in [-0.05, 0) is 0 Å².